The van der Waals surface area contributed by atoms with Crippen LogP contribution in [0.3, 0.4) is 0 Å². The summed E-state index contributed by atoms with van der Waals surface area (Å²) in [5.41, 5.74) is 7.90. The zero-order valence-corrected chi connectivity index (χ0v) is 12.1. The molecule has 1 unspecified atom stereocenters. The molecule has 1 heterocycles. The van der Waals surface area contributed by atoms with Gasteiger partial charge in [-0.15, -0.1) is 0 Å². The molecule has 0 amide bonds. The van der Waals surface area contributed by atoms with Gasteiger partial charge in [0, 0.05) is 18.2 Å². The molecular formula is C14H21N3O2. The van der Waals surface area contributed by atoms with Gasteiger partial charge in [-0.2, -0.15) is 0 Å². The average Bonchev–Trinajstić information content (AvgIpc) is 2.75. The van der Waals surface area contributed by atoms with Gasteiger partial charge < -0.3 is 19.8 Å². The van der Waals surface area contributed by atoms with Crippen molar-refractivity contribution in [1.29, 1.82) is 0 Å². The predicted octanol–water partition coefficient (Wildman–Crippen LogP) is 2.65. The van der Waals surface area contributed by atoms with Crippen molar-refractivity contribution < 1.29 is 9.47 Å². The third-order valence-electron chi connectivity index (χ3n) is 3.15. The van der Waals surface area contributed by atoms with Crippen molar-refractivity contribution in [2.45, 2.75) is 32.9 Å². The lowest BCUT2D eigenvalue weighted by Gasteiger charge is -2.15. The van der Waals surface area contributed by atoms with Gasteiger partial charge in [-0.3, -0.25) is 0 Å². The van der Waals surface area contributed by atoms with E-state index in [1.807, 2.05) is 19.1 Å². The zero-order valence-electron chi connectivity index (χ0n) is 12.1. The average molecular weight is 263 g/mol. The van der Waals surface area contributed by atoms with Gasteiger partial charge >= 0.3 is 0 Å². The number of nitrogens with two attached hydrogens (primary N) is 1. The van der Waals surface area contributed by atoms with Crippen molar-refractivity contribution in [2.24, 2.45) is 5.73 Å². The summed E-state index contributed by atoms with van der Waals surface area (Å²) in [5.74, 6) is 2.26. The Bertz CT molecular complexity index is 588. The Balaban J connectivity index is 2.77. The molecule has 2 aromatic rings. The maximum absolute atomic E-state index is 6.01. The largest absolute Gasteiger partial charge is 0.493 e. The fourth-order valence-electron chi connectivity index (χ4n) is 2.30. The minimum Gasteiger partial charge on any atom is -0.493 e. The van der Waals surface area contributed by atoms with E-state index in [1.165, 1.54) is 0 Å². The lowest BCUT2D eigenvalue weighted by atomic mass is 10.2. The highest BCUT2D eigenvalue weighted by molar-refractivity contribution is 5.81. The highest BCUT2D eigenvalue weighted by atomic mass is 16.5. The zero-order chi connectivity index (χ0) is 14.2. The van der Waals surface area contributed by atoms with Gasteiger partial charge in [0.15, 0.2) is 11.5 Å². The minimum atomic E-state index is -0.119. The second-order valence-electron chi connectivity index (χ2n) is 4.92. The van der Waals surface area contributed by atoms with E-state index < -0.39 is 0 Å². The first-order chi connectivity index (χ1) is 8.99. The Morgan fingerprint density at radius 3 is 2.16 bits per heavy atom. The molecule has 1 atom stereocenters. The van der Waals surface area contributed by atoms with Gasteiger partial charge in [0.1, 0.15) is 5.82 Å². The molecule has 104 valence electrons. The molecule has 0 aliphatic heterocycles. The Morgan fingerprint density at radius 2 is 1.68 bits per heavy atom. The van der Waals surface area contributed by atoms with E-state index in [2.05, 4.69) is 23.4 Å². The SMILES string of the molecule is COc1cc2nc(C(C)N)n(C(C)C)c2cc1OC. The molecule has 0 saturated heterocycles. The minimum absolute atomic E-state index is 0.119. The van der Waals surface area contributed by atoms with Crippen LogP contribution in [0.5, 0.6) is 11.5 Å². The van der Waals surface area contributed by atoms with Gasteiger partial charge in [0.25, 0.3) is 0 Å². The summed E-state index contributed by atoms with van der Waals surface area (Å²) < 4.78 is 12.8. The highest BCUT2D eigenvalue weighted by Crippen LogP contribution is 2.34. The monoisotopic (exact) mass is 263 g/mol. The van der Waals surface area contributed by atoms with Crippen LogP contribution in [0.15, 0.2) is 12.1 Å². The van der Waals surface area contributed by atoms with Crippen LogP contribution in [0.2, 0.25) is 0 Å². The number of methoxy groups -OCH3 is 2. The van der Waals surface area contributed by atoms with Gasteiger partial charge in [-0.05, 0) is 20.8 Å². The molecule has 0 saturated carbocycles. The summed E-state index contributed by atoms with van der Waals surface area (Å²) in [4.78, 5) is 4.62. The highest BCUT2D eigenvalue weighted by Gasteiger charge is 2.18. The molecule has 0 fully saturated rings. The summed E-state index contributed by atoms with van der Waals surface area (Å²) in [6.07, 6.45) is 0. The fraction of sp³-hybridized carbons (Fsp3) is 0.500. The van der Waals surface area contributed by atoms with E-state index in [-0.39, 0.29) is 12.1 Å². The van der Waals surface area contributed by atoms with Crippen LogP contribution in [0.25, 0.3) is 11.0 Å². The second kappa shape index (κ2) is 5.09. The lowest BCUT2D eigenvalue weighted by Crippen LogP contribution is -2.14. The van der Waals surface area contributed by atoms with Crippen molar-refractivity contribution in [3.8, 4) is 11.5 Å². The number of ether oxygens (including phenoxy) is 2. The van der Waals surface area contributed by atoms with Crippen LogP contribution < -0.4 is 15.2 Å². The number of aromatic nitrogens is 2. The summed E-state index contributed by atoms with van der Waals surface area (Å²) in [7, 11) is 3.25. The standard InChI is InChI=1S/C14H21N3O2/c1-8(2)17-11-7-13(19-5)12(18-4)6-10(11)16-14(17)9(3)15/h6-9H,15H2,1-5H3. The van der Waals surface area contributed by atoms with Crippen molar-refractivity contribution >= 4 is 11.0 Å². The van der Waals surface area contributed by atoms with Crippen LogP contribution >= 0.6 is 0 Å². The lowest BCUT2D eigenvalue weighted by molar-refractivity contribution is 0.355. The third kappa shape index (κ3) is 2.26. The topological polar surface area (TPSA) is 62.3 Å². The Hall–Kier alpha value is -1.75. The summed E-state index contributed by atoms with van der Waals surface area (Å²) in [5, 5.41) is 0. The van der Waals surface area contributed by atoms with E-state index in [0.29, 0.717) is 11.5 Å². The van der Waals surface area contributed by atoms with Crippen molar-refractivity contribution in [3.05, 3.63) is 18.0 Å². The number of imidazole rings is 1. The summed E-state index contributed by atoms with van der Waals surface area (Å²) in [6, 6.07) is 4.00. The van der Waals surface area contributed by atoms with Crippen LogP contribution in [0.4, 0.5) is 0 Å². The number of rotatable bonds is 4. The Kier molecular flexibility index (Phi) is 3.66. The molecule has 0 radical (unpaired) electrons. The molecule has 1 aromatic heterocycles. The molecule has 0 aliphatic rings. The molecule has 0 bridgehead atoms. The van der Waals surface area contributed by atoms with Gasteiger partial charge in [-0.25, -0.2) is 4.98 Å². The van der Waals surface area contributed by atoms with Crippen molar-refractivity contribution in [2.75, 3.05) is 14.2 Å². The number of nitrogens with zero attached hydrogens (tertiary/aromatic N) is 2. The first-order valence-electron chi connectivity index (χ1n) is 6.39. The molecule has 19 heavy (non-hydrogen) atoms. The van der Waals surface area contributed by atoms with Crippen LogP contribution in [0, 0.1) is 0 Å². The maximum Gasteiger partial charge on any atom is 0.163 e. The maximum atomic E-state index is 6.01. The molecule has 5 nitrogen and oxygen atoms in total. The number of hydrogen-bond acceptors (Lipinski definition) is 4. The van der Waals surface area contributed by atoms with E-state index in [0.717, 1.165) is 16.9 Å². The smallest absolute Gasteiger partial charge is 0.163 e. The molecule has 0 spiro atoms. The van der Waals surface area contributed by atoms with E-state index in [4.69, 9.17) is 15.2 Å². The van der Waals surface area contributed by atoms with Gasteiger partial charge in [0.05, 0.1) is 31.3 Å². The number of hydrogen-bond donors (Lipinski definition) is 1. The molecule has 1 aromatic carbocycles. The molecule has 2 N–H and O–H groups in total. The van der Waals surface area contributed by atoms with Crippen molar-refractivity contribution in [3.63, 3.8) is 0 Å². The normalized spacial score (nSPS) is 13.0. The van der Waals surface area contributed by atoms with E-state index in [1.54, 1.807) is 14.2 Å². The van der Waals surface area contributed by atoms with Crippen LogP contribution in [-0.4, -0.2) is 23.8 Å². The fourth-order valence-corrected chi connectivity index (χ4v) is 2.30. The molecule has 0 aliphatic carbocycles. The van der Waals surface area contributed by atoms with Gasteiger partial charge in [-0.1, -0.05) is 0 Å². The first-order valence-corrected chi connectivity index (χ1v) is 6.39. The van der Waals surface area contributed by atoms with Gasteiger partial charge in [0.2, 0.25) is 0 Å². The third-order valence-corrected chi connectivity index (χ3v) is 3.15. The molecule has 2 rings (SSSR count). The first kappa shape index (κ1) is 13.7. The second-order valence-corrected chi connectivity index (χ2v) is 4.92. The number of benzene rings is 1. The summed E-state index contributed by atoms with van der Waals surface area (Å²) >= 11 is 0. The van der Waals surface area contributed by atoms with E-state index in [9.17, 15) is 0 Å². The summed E-state index contributed by atoms with van der Waals surface area (Å²) in [6.45, 7) is 6.17. The molecule has 5 heteroatoms. The predicted molar refractivity (Wildman–Crippen MR) is 75.8 cm³/mol. The quantitative estimate of drug-likeness (QED) is 0.921. The Morgan fingerprint density at radius 1 is 1.11 bits per heavy atom. The number of fused-ring (bicyclic) bond motifs is 1. The van der Waals surface area contributed by atoms with Crippen LogP contribution in [0.1, 0.15) is 38.7 Å². The van der Waals surface area contributed by atoms with Crippen molar-refractivity contribution in [1.82, 2.24) is 9.55 Å². The molecular weight excluding hydrogens is 242 g/mol. The van der Waals surface area contributed by atoms with E-state index >= 15 is 0 Å². The Labute approximate surface area is 113 Å². The van der Waals surface area contributed by atoms with Crippen LogP contribution in [-0.2, 0) is 0 Å².